The van der Waals surface area contributed by atoms with Crippen LogP contribution in [0.3, 0.4) is 0 Å². The number of fused-ring (bicyclic) bond motifs is 4. The second-order valence-corrected chi connectivity index (χ2v) is 8.21. The molecule has 1 saturated heterocycles. The average Bonchev–Trinajstić information content (AvgIpc) is 3.38. The molecular formula is C23H21N3O6. The summed E-state index contributed by atoms with van der Waals surface area (Å²) in [5, 5.41) is 0.878. The summed E-state index contributed by atoms with van der Waals surface area (Å²) in [6, 6.07) is 7.44. The number of imide groups is 2. The molecule has 1 aromatic heterocycles. The van der Waals surface area contributed by atoms with Crippen LogP contribution in [0.1, 0.15) is 17.7 Å². The van der Waals surface area contributed by atoms with E-state index in [4.69, 9.17) is 4.74 Å². The van der Waals surface area contributed by atoms with E-state index in [-0.39, 0.29) is 43.1 Å². The summed E-state index contributed by atoms with van der Waals surface area (Å²) >= 11 is 0. The van der Waals surface area contributed by atoms with Crippen molar-refractivity contribution in [3.8, 4) is 0 Å². The van der Waals surface area contributed by atoms with E-state index in [0.717, 1.165) is 15.8 Å². The number of nitrogens with zero attached hydrogens (tertiary/aromatic N) is 3. The number of rotatable bonds is 4. The maximum atomic E-state index is 13.1. The van der Waals surface area contributed by atoms with Crippen molar-refractivity contribution in [1.82, 2.24) is 14.4 Å². The Balaban J connectivity index is 1.38. The fraction of sp³-hybridized carbons (Fsp3) is 0.348. The lowest BCUT2D eigenvalue weighted by Crippen LogP contribution is -2.36. The molecule has 164 valence electrons. The minimum atomic E-state index is -0.542. The Kier molecular flexibility index (Phi) is 4.69. The van der Waals surface area contributed by atoms with Gasteiger partial charge in [-0.3, -0.25) is 29.0 Å². The Hall–Kier alpha value is -3.75. The number of hydrogen-bond acceptors (Lipinski definition) is 6. The third kappa shape index (κ3) is 2.88. The lowest BCUT2D eigenvalue weighted by Gasteiger charge is -2.23. The van der Waals surface area contributed by atoms with E-state index in [1.165, 1.54) is 28.7 Å². The lowest BCUT2D eigenvalue weighted by molar-refractivity contribution is -0.139. The van der Waals surface area contributed by atoms with E-state index in [0.29, 0.717) is 24.1 Å². The van der Waals surface area contributed by atoms with Crippen molar-refractivity contribution in [1.29, 1.82) is 0 Å². The number of methoxy groups -OCH3 is 1. The molecule has 3 aliphatic rings. The normalized spacial score (nSPS) is 22.2. The highest BCUT2D eigenvalue weighted by Crippen LogP contribution is 2.41. The van der Waals surface area contributed by atoms with Gasteiger partial charge in [0, 0.05) is 42.7 Å². The van der Waals surface area contributed by atoms with Gasteiger partial charge in [-0.15, -0.1) is 0 Å². The van der Waals surface area contributed by atoms with Gasteiger partial charge < -0.3 is 4.74 Å². The number of ether oxygens (including phenoxy) is 1. The van der Waals surface area contributed by atoms with Crippen LogP contribution in [0.4, 0.5) is 4.79 Å². The van der Waals surface area contributed by atoms with Gasteiger partial charge in [-0.2, -0.15) is 0 Å². The predicted octanol–water partition coefficient (Wildman–Crippen LogP) is 1.27. The van der Waals surface area contributed by atoms with Crippen LogP contribution in [-0.4, -0.2) is 64.3 Å². The molecule has 0 saturated carbocycles. The van der Waals surface area contributed by atoms with Gasteiger partial charge in [-0.1, -0.05) is 18.2 Å². The molecule has 9 nitrogen and oxygen atoms in total. The van der Waals surface area contributed by atoms with Gasteiger partial charge in [0.05, 0.1) is 24.5 Å². The molecule has 32 heavy (non-hydrogen) atoms. The molecule has 1 aromatic carbocycles. The number of hydrogen-bond donors (Lipinski definition) is 0. The Bertz CT molecular complexity index is 1210. The molecule has 3 heterocycles. The highest BCUT2D eigenvalue weighted by molar-refractivity contribution is 6.13. The largest absolute Gasteiger partial charge is 0.452 e. The zero-order chi connectivity index (χ0) is 22.6. The van der Waals surface area contributed by atoms with Gasteiger partial charge in [0.15, 0.2) is 0 Å². The van der Waals surface area contributed by atoms with E-state index >= 15 is 0 Å². The molecule has 9 heteroatoms. The summed E-state index contributed by atoms with van der Waals surface area (Å²) in [6.45, 7) is 0.291. The fourth-order valence-electron chi connectivity index (χ4n) is 5.10. The number of carbonyl (C=O) groups is 5. The molecule has 0 radical (unpaired) electrons. The topological polar surface area (TPSA) is 106 Å². The van der Waals surface area contributed by atoms with Crippen molar-refractivity contribution in [2.45, 2.75) is 19.3 Å². The van der Waals surface area contributed by atoms with Crippen molar-refractivity contribution in [2.75, 3.05) is 20.2 Å². The second kappa shape index (κ2) is 7.44. The fourth-order valence-corrected chi connectivity index (χ4v) is 5.10. The maximum Gasteiger partial charge on any atom is 0.418 e. The van der Waals surface area contributed by atoms with Crippen molar-refractivity contribution in [3.63, 3.8) is 0 Å². The van der Waals surface area contributed by atoms with Gasteiger partial charge in [-0.05, 0) is 24.5 Å². The van der Waals surface area contributed by atoms with E-state index < -0.39 is 17.9 Å². The lowest BCUT2D eigenvalue weighted by atomic mass is 9.79. The molecule has 0 spiro atoms. The third-order valence-electron chi connectivity index (χ3n) is 6.60. The molecule has 2 unspecified atom stereocenters. The molecule has 2 aliphatic heterocycles. The van der Waals surface area contributed by atoms with Crippen LogP contribution in [0, 0.1) is 11.8 Å². The van der Waals surface area contributed by atoms with Crippen molar-refractivity contribution in [2.24, 2.45) is 11.8 Å². The minimum absolute atomic E-state index is 0.143. The summed E-state index contributed by atoms with van der Waals surface area (Å²) < 4.78 is 6.46. The number of likely N-dealkylation sites (tertiary alicyclic amines) is 1. The second-order valence-electron chi connectivity index (χ2n) is 8.21. The van der Waals surface area contributed by atoms with Crippen LogP contribution in [0.5, 0.6) is 0 Å². The molecule has 1 fully saturated rings. The van der Waals surface area contributed by atoms with Crippen LogP contribution in [0.15, 0.2) is 36.4 Å². The van der Waals surface area contributed by atoms with Gasteiger partial charge in [0.2, 0.25) is 11.8 Å². The van der Waals surface area contributed by atoms with E-state index in [9.17, 15) is 24.0 Å². The number of benzene rings is 1. The number of amides is 4. The van der Waals surface area contributed by atoms with E-state index in [2.05, 4.69) is 0 Å². The van der Waals surface area contributed by atoms with Gasteiger partial charge in [0.1, 0.15) is 0 Å². The Labute approximate surface area is 183 Å². The van der Waals surface area contributed by atoms with Crippen LogP contribution < -0.4 is 0 Å². The molecule has 4 amide bonds. The first-order valence-corrected chi connectivity index (χ1v) is 10.5. The summed E-state index contributed by atoms with van der Waals surface area (Å²) in [4.78, 5) is 64.4. The molecule has 1 aliphatic carbocycles. The van der Waals surface area contributed by atoms with Gasteiger partial charge in [-0.25, -0.2) is 9.36 Å². The van der Waals surface area contributed by atoms with Crippen LogP contribution in [-0.2, 0) is 36.8 Å². The molecule has 2 aromatic rings. The highest BCUT2D eigenvalue weighted by Gasteiger charge is 2.50. The first-order valence-electron chi connectivity index (χ1n) is 10.5. The standard InChI is InChI=1S/C23H21N3O6/c1-32-23(31)26-17-6-3-2-5-13(17)14-11-15-16(12-18(14)26)22(30)25(21(15)29)10-4-9-24-19(27)7-8-20(24)28/h2-3,5-8,15-16H,4,9-12H2,1H3. The Morgan fingerprint density at radius 1 is 0.938 bits per heavy atom. The van der Waals surface area contributed by atoms with E-state index in [1.807, 2.05) is 24.3 Å². The smallest absolute Gasteiger partial charge is 0.418 e. The van der Waals surface area contributed by atoms with Crippen LogP contribution >= 0.6 is 0 Å². The summed E-state index contributed by atoms with van der Waals surface area (Å²) in [5.41, 5.74) is 2.31. The van der Waals surface area contributed by atoms with Gasteiger partial charge in [0.25, 0.3) is 11.8 Å². The van der Waals surface area contributed by atoms with Crippen LogP contribution in [0.2, 0.25) is 0 Å². The third-order valence-corrected chi connectivity index (χ3v) is 6.60. The highest BCUT2D eigenvalue weighted by atomic mass is 16.5. The molecular weight excluding hydrogens is 414 g/mol. The average molecular weight is 435 g/mol. The van der Waals surface area contributed by atoms with Crippen molar-refractivity contribution in [3.05, 3.63) is 47.7 Å². The molecule has 0 bridgehead atoms. The first-order chi connectivity index (χ1) is 15.4. The summed E-state index contributed by atoms with van der Waals surface area (Å²) in [6.07, 6.45) is 2.86. The summed E-state index contributed by atoms with van der Waals surface area (Å²) in [5.74, 6) is -2.31. The first kappa shape index (κ1) is 20.2. The van der Waals surface area contributed by atoms with E-state index in [1.54, 1.807) is 0 Å². The minimum Gasteiger partial charge on any atom is -0.452 e. The molecule has 5 rings (SSSR count). The van der Waals surface area contributed by atoms with Crippen molar-refractivity contribution >= 4 is 40.6 Å². The maximum absolute atomic E-state index is 13.1. The predicted molar refractivity (Wildman–Crippen MR) is 111 cm³/mol. The Morgan fingerprint density at radius 2 is 1.56 bits per heavy atom. The Morgan fingerprint density at radius 3 is 2.25 bits per heavy atom. The number of para-hydroxylation sites is 1. The van der Waals surface area contributed by atoms with Crippen LogP contribution in [0.25, 0.3) is 10.9 Å². The SMILES string of the molecule is COC(=O)n1c2c(c3ccccc31)CC1C(=O)N(CCCN3C(=O)C=CC3=O)C(=O)C1C2. The molecule has 2 atom stereocenters. The number of aromatic nitrogens is 1. The monoisotopic (exact) mass is 435 g/mol. The molecule has 0 N–H and O–H groups in total. The zero-order valence-electron chi connectivity index (χ0n) is 17.4. The quantitative estimate of drug-likeness (QED) is 0.670. The van der Waals surface area contributed by atoms with Crippen molar-refractivity contribution < 1.29 is 28.7 Å². The summed E-state index contributed by atoms with van der Waals surface area (Å²) in [7, 11) is 1.31. The zero-order valence-corrected chi connectivity index (χ0v) is 17.4. The number of carbonyl (C=O) groups excluding carboxylic acids is 5. The van der Waals surface area contributed by atoms with Gasteiger partial charge >= 0.3 is 6.09 Å².